The number of rotatable bonds is 24. The summed E-state index contributed by atoms with van der Waals surface area (Å²) in [5, 5.41) is 6.56. The standard InChI is InChI=1S/C64H64N2O4P4/c67-71(57-28-9-1-10-29-57,58-30-11-2-12-31-58)48-44-65(45-49-72(68,59-32-13-3-14-33-59)60-34-15-4-16-35-60)53-55-26-25-27-56(52-55)54-66(46-50-73(69,61-36-17-5-18-37-61)62-38-19-6-20-39-62)47-51-74(70,63-40-21-7-22-41-63)64-42-23-8-24-43-64/h1-43,52H,44-51,53-54H2. The lowest BCUT2D eigenvalue weighted by atomic mass is 10.1. The molecular weight excluding hydrogens is 985 g/mol. The van der Waals surface area contributed by atoms with E-state index in [0.717, 1.165) is 53.6 Å². The van der Waals surface area contributed by atoms with E-state index in [0.29, 0.717) is 63.9 Å². The van der Waals surface area contributed by atoms with Gasteiger partial charge in [0.05, 0.1) is 0 Å². The zero-order valence-corrected chi connectivity index (χ0v) is 45.4. The Morgan fingerprint density at radius 2 is 0.405 bits per heavy atom. The van der Waals surface area contributed by atoms with Gasteiger partial charge in [0, 0.05) is 106 Å². The van der Waals surface area contributed by atoms with Crippen LogP contribution in [0.15, 0.2) is 267 Å². The fourth-order valence-corrected chi connectivity index (χ4v) is 20.7. The number of hydrogen-bond donors (Lipinski definition) is 0. The maximum atomic E-state index is 15.5. The fraction of sp³-hybridized carbons (Fsp3) is 0.156. The first-order valence-electron chi connectivity index (χ1n) is 25.5. The first-order valence-corrected chi connectivity index (χ1v) is 33.1. The number of benzene rings is 9. The minimum absolute atomic E-state index is 0.404. The number of nitrogens with zero attached hydrogens (tertiary/aromatic N) is 2. The van der Waals surface area contributed by atoms with Crippen LogP contribution in [0.1, 0.15) is 11.1 Å². The third-order valence-corrected chi connectivity index (χ3v) is 26.5. The zero-order valence-electron chi connectivity index (χ0n) is 41.8. The molecule has 0 heterocycles. The van der Waals surface area contributed by atoms with E-state index in [9.17, 15) is 0 Å². The minimum Gasteiger partial charge on any atom is -0.314 e. The van der Waals surface area contributed by atoms with Gasteiger partial charge in [0.1, 0.15) is 28.6 Å². The van der Waals surface area contributed by atoms with Gasteiger partial charge in [-0.05, 0) is 11.1 Å². The van der Waals surface area contributed by atoms with E-state index in [1.54, 1.807) is 0 Å². The highest BCUT2D eigenvalue weighted by Crippen LogP contribution is 2.47. The van der Waals surface area contributed by atoms with Crippen LogP contribution in [0.5, 0.6) is 0 Å². The lowest BCUT2D eigenvalue weighted by Gasteiger charge is -2.29. The highest BCUT2D eigenvalue weighted by atomic mass is 31.2. The van der Waals surface area contributed by atoms with Gasteiger partial charge in [-0.2, -0.15) is 0 Å². The summed E-state index contributed by atoms with van der Waals surface area (Å²) in [6, 6.07) is 87.2. The normalized spacial score (nSPS) is 12.2. The summed E-state index contributed by atoms with van der Waals surface area (Å²) in [6.07, 6.45) is 1.62. The van der Waals surface area contributed by atoms with Crippen LogP contribution in [-0.4, -0.2) is 60.6 Å². The van der Waals surface area contributed by atoms with E-state index in [1.165, 1.54) is 0 Å². The van der Waals surface area contributed by atoms with Crippen LogP contribution in [0, 0.1) is 0 Å². The molecular formula is C64H64N2O4P4. The third-order valence-electron chi connectivity index (χ3n) is 14.1. The van der Waals surface area contributed by atoms with Gasteiger partial charge in [-0.15, -0.1) is 0 Å². The van der Waals surface area contributed by atoms with Crippen LogP contribution in [0.4, 0.5) is 0 Å². The Labute approximate surface area is 438 Å². The highest BCUT2D eigenvalue weighted by Gasteiger charge is 2.33. The molecule has 9 rings (SSSR count). The molecule has 0 bridgehead atoms. The van der Waals surface area contributed by atoms with Gasteiger partial charge in [-0.3, -0.25) is 9.80 Å². The van der Waals surface area contributed by atoms with Gasteiger partial charge < -0.3 is 18.3 Å². The van der Waals surface area contributed by atoms with Gasteiger partial charge in [0.25, 0.3) is 0 Å². The molecule has 0 amide bonds. The van der Waals surface area contributed by atoms with Crippen molar-refractivity contribution in [2.75, 3.05) is 50.8 Å². The molecule has 374 valence electrons. The molecule has 74 heavy (non-hydrogen) atoms. The van der Waals surface area contributed by atoms with Crippen molar-refractivity contribution in [1.29, 1.82) is 0 Å². The van der Waals surface area contributed by atoms with Gasteiger partial charge in [-0.25, -0.2) is 0 Å². The largest absolute Gasteiger partial charge is 0.314 e. The SMILES string of the molecule is O=P(CCN(CCP(=O)(c1ccccc1)c1ccccc1)Cc1cccc(CN(CCP(=O)(c2ccccc2)c2ccccc2)CCP(=O)(c2ccccc2)c2ccccc2)c1)(c1ccccc1)c1ccccc1. The predicted molar refractivity (Wildman–Crippen MR) is 315 cm³/mol. The highest BCUT2D eigenvalue weighted by molar-refractivity contribution is 7.80. The van der Waals surface area contributed by atoms with Crippen molar-refractivity contribution < 1.29 is 18.3 Å². The lowest BCUT2D eigenvalue weighted by molar-refractivity contribution is 0.293. The summed E-state index contributed by atoms with van der Waals surface area (Å²) in [4.78, 5) is 4.67. The molecule has 0 spiro atoms. The molecule has 10 heteroatoms. The Morgan fingerprint density at radius 1 is 0.230 bits per heavy atom. The van der Waals surface area contributed by atoms with E-state index in [4.69, 9.17) is 0 Å². The molecule has 6 nitrogen and oxygen atoms in total. The van der Waals surface area contributed by atoms with E-state index in [2.05, 4.69) is 34.1 Å². The van der Waals surface area contributed by atoms with E-state index in [1.807, 2.05) is 243 Å². The molecule has 9 aromatic rings. The summed E-state index contributed by atoms with van der Waals surface area (Å²) in [5.74, 6) is 0. The summed E-state index contributed by atoms with van der Waals surface area (Å²) < 4.78 is 62.0. The Balaban J connectivity index is 1.04. The molecule has 0 aliphatic carbocycles. The van der Waals surface area contributed by atoms with Crippen molar-refractivity contribution in [2.45, 2.75) is 13.1 Å². The van der Waals surface area contributed by atoms with Crippen molar-refractivity contribution in [3.63, 3.8) is 0 Å². The minimum atomic E-state index is -3.09. The molecule has 0 radical (unpaired) electrons. The molecule has 0 aliphatic rings. The molecule has 0 unspecified atom stereocenters. The Morgan fingerprint density at radius 3 is 0.581 bits per heavy atom. The molecule has 0 aromatic heterocycles. The van der Waals surface area contributed by atoms with Crippen LogP contribution >= 0.6 is 28.6 Å². The first kappa shape index (κ1) is 52.7. The Kier molecular flexibility index (Phi) is 17.7. The molecule has 0 atom stereocenters. The fourth-order valence-electron chi connectivity index (χ4n) is 9.99. The molecule has 0 saturated carbocycles. The molecule has 9 aromatic carbocycles. The van der Waals surface area contributed by atoms with Crippen LogP contribution in [0.3, 0.4) is 0 Å². The molecule has 0 N–H and O–H groups in total. The van der Waals surface area contributed by atoms with Crippen molar-refractivity contribution in [2.24, 2.45) is 0 Å². The monoisotopic (exact) mass is 1050 g/mol. The van der Waals surface area contributed by atoms with Gasteiger partial charge in [0.15, 0.2) is 0 Å². The van der Waals surface area contributed by atoms with Crippen molar-refractivity contribution in [1.82, 2.24) is 9.80 Å². The van der Waals surface area contributed by atoms with Crippen molar-refractivity contribution in [3.05, 3.63) is 278 Å². The number of hydrogen-bond acceptors (Lipinski definition) is 6. The second-order valence-electron chi connectivity index (χ2n) is 18.9. The molecule has 0 aliphatic heterocycles. The Bertz CT molecular complexity index is 2760. The van der Waals surface area contributed by atoms with E-state index in [-0.39, 0.29) is 0 Å². The first-order chi connectivity index (χ1) is 36.2. The van der Waals surface area contributed by atoms with Crippen LogP contribution in [0.2, 0.25) is 0 Å². The maximum Gasteiger partial charge on any atom is 0.144 e. The quantitative estimate of drug-likeness (QED) is 0.0562. The van der Waals surface area contributed by atoms with E-state index >= 15 is 18.3 Å². The van der Waals surface area contributed by atoms with Crippen molar-refractivity contribution in [3.8, 4) is 0 Å². The topological polar surface area (TPSA) is 74.8 Å². The van der Waals surface area contributed by atoms with Crippen LogP contribution in [0.25, 0.3) is 0 Å². The van der Waals surface area contributed by atoms with E-state index < -0.39 is 28.6 Å². The summed E-state index contributed by atoms with van der Waals surface area (Å²) >= 11 is 0. The molecule has 0 saturated heterocycles. The van der Waals surface area contributed by atoms with Gasteiger partial charge in [-0.1, -0.05) is 267 Å². The lowest BCUT2D eigenvalue weighted by Crippen LogP contribution is -2.34. The maximum absolute atomic E-state index is 15.5. The summed E-state index contributed by atoms with van der Waals surface area (Å²) in [7, 11) is -12.3. The average molecular weight is 1050 g/mol. The second-order valence-corrected chi connectivity index (χ2v) is 30.7. The second kappa shape index (κ2) is 24.9. The third kappa shape index (κ3) is 12.7. The average Bonchev–Trinajstić information content (AvgIpc) is 3.48. The predicted octanol–water partition coefficient (Wildman–Crippen LogP) is 11.3. The van der Waals surface area contributed by atoms with Crippen LogP contribution in [-0.2, 0) is 31.3 Å². The van der Waals surface area contributed by atoms with Gasteiger partial charge >= 0.3 is 0 Å². The smallest absolute Gasteiger partial charge is 0.144 e. The summed E-state index contributed by atoms with van der Waals surface area (Å²) in [5.41, 5.74) is 2.15. The van der Waals surface area contributed by atoms with Gasteiger partial charge in [0.2, 0.25) is 0 Å². The molecule has 0 fully saturated rings. The summed E-state index contributed by atoms with van der Waals surface area (Å²) in [6.45, 7) is 3.09. The Hall–Kier alpha value is -6.18. The van der Waals surface area contributed by atoms with Crippen molar-refractivity contribution >= 4 is 71.0 Å². The van der Waals surface area contributed by atoms with Crippen LogP contribution < -0.4 is 42.4 Å². The zero-order chi connectivity index (χ0) is 51.1.